The number of carboxylic acid groups (broad SMARTS) is 1. The molecule has 3 heterocycles. The van der Waals surface area contributed by atoms with E-state index < -0.39 is 29.2 Å². The van der Waals surface area contributed by atoms with Gasteiger partial charge in [0.2, 0.25) is 0 Å². The second kappa shape index (κ2) is 10.1. The predicted octanol–water partition coefficient (Wildman–Crippen LogP) is -1.46. The molecule has 0 aliphatic carbocycles. The van der Waals surface area contributed by atoms with E-state index in [1.54, 1.807) is 5.38 Å². The summed E-state index contributed by atoms with van der Waals surface area (Å²) in [5, 5.41) is 17.0. The van der Waals surface area contributed by atoms with Gasteiger partial charge in [-0.05, 0) is 5.57 Å². The number of nitrogens with one attached hydrogen (secondary N) is 1. The van der Waals surface area contributed by atoms with Gasteiger partial charge in [0.1, 0.15) is 29.9 Å². The van der Waals surface area contributed by atoms with Gasteiger partial charge in [-0.2, -0.15) is 0 Å². The number of aliphatic carboxylic acids is 1. The van der Waals surface area contributed by atoms with Crippen LogP contribution in [0.1, 0.15) is 5.69 Å². The molecule has 29 heavy (non-hydrogen) atoms. The van der Waals surface area contributed by atoms with Crippen LogP contribution in [0.5, 0.6) is 0 Å². The maximum absolute atomic E-state index is 12.6. The van der Waals surface area contributed by atoms with E-state index in [1.807, 2.05) is 0 Å². The molecule has 1 saturated heterocycles. The van der Waals surface area contributed by atoms with Crippen LogP contribution in [0.3, 0.4) is 0 Å². The van der Waals surface area contributed by atoms with Crippen LogP contribution in [-0.2, 0) is 24.0 Å². The molecule has 0 spiro atoms. The van der Waals surface area contributed by atoms with E-state index in [0.717, 1.165) is 11.3 Å². The molecule has 14 heteroatoms. The summed E-state index contributed by atoms with van der Waals surface area (Å²) in [5.41, 5.74) is 6.09. The number of β-lactam (4-membered cyclic amide) rings is 1. The summed E-state index contributed by atoms with van der Waals surface area (Å²) >= 11 is 2.47. The van der Waals surface area contributed by atoms with E-state index in [4.69, 9.17) is 15.3 Å². The van der Waals surface area contributed by atoms with Crippen LogP contribution in [0.4, 0.5) is 5.13 Å². The predicted molar refractivity (Wildman–Crippen MR) is 110 cm³/mol. The van der Waals surface area contributed by atoms with Gasteiger partial charge in [0.15, 0.2) is 10.8 Å². The minimum absolute atomic E-state index is 0. The van der Waals surface area contributed by atoms with Crippen molar-refractivity contribution in [1.82, 2.24) is 15.2 Å². The van der Waals surface area contributed by atoms with E-state index in [-0.39, 0.29) is 66.6 Å². The number of amides is 2. The Hall–Kier alpha value is -1.38. The SMILES string of the molecule is COCC1=C(C(=O)O)N2C(=O)[C@@H](NC(=O)C(=NOC)c3csc(N)n3)[C@H]2SC1.[CaH2]. The summed E-state index contributed by atoms with van der Waals surface area (Å²) in [5.74, 6) is -2.03. The van der Waals surface area contributed by atoms with Crippen molar-refractivity contribution in [2.75, 3.05) is 32.3 Å². The van der Waals surface area contributed by atoms with Crippen molar-refractivity contribution in [2.24, 2.45) is 5.16 Å². The Labute approximate surface area is 203 Å². The average Bonchev–Trinajstić information content (AvgIpc) is 3.09. The molecule has 1 fully saturated rings. The molecule has 2 atom stereocenters. The molecule has 4 N–H and O–H groups in total. The van der Waals surface area contributed by atoms with E-state index in [0.29, 0.717) is 11.3 Å². The monoisotopic (exact) mass is 469 g/mol. The van der Waals surface area contributed by atoms with Gasteiger partial charge in [0.05, 0.1) is 6.61 Å². The number of nitrogens with zero attached hydrogens (tertiary/aromatic N) is 3. The number of thioether (sulfide) groups is 1. The molecule has 0 bridgehead atoms. The first kappa shape index (κ1) is 23.9. The average molecular weight is 470 g/mol. The summed E-state index contributed by atoms with van der Waals surface area (Å²) in [6.45, 7) is 0.109. The number of carbonyl (C=O) groups is 3. The molecular weight excluding hydrogens is 450 g/mol. The fraction of sp³-hybridized carbons (Fsp3) is 0.400. The van der Waals surface area contributed by atoms with Crippen molar-refractivity contribution in [3.05, 3.63) is 22.3 Å². The van der Waals surface area contributed by atoms with Crippen LogP contribution in [0.2, 0.25) is 0 Å². The van der Waals surface area contributed by atoms with Crippen molar-refractivity contribution < 1.29 is 29.1 Å². The Balaban J connectivity index is 0.00000300. The number of carboxylic acids is 1. The number of fused-ring (bicyclic) bond motifs is 1. The first-order chi connectivity index (χ1) is 13.4. The molecule has 3 rings (SSSR count). The van der Waals surface area contributed by atoms with Crippen LogP contribution in [0, 0.1) is 0 Å². The number of oxime groups is 1. The summed E-state index contributed by atoms with van der Waals surface area (Å²) in [6.07, 6.45) is 0. The number of anilines is 1. The fourth-order valence-corrected chi connectivity index (χ4v) is 4.75. The van der Waals surface area contributed by atoms with Gasteiger partial charge in [0.25, 0.3) is 11.8 Å². The van der Waals surface area contributed by atoms with Gasteiger partial charge >= 0.3 is 43.7 Å². The second-order valence-corrected chi connectivity index (χ2v) is 7.74. The number of methoxy groups -OCH3 is 1. The Morgan fingerprint density at radius 2 is 2.21 bits per heavy atom. The van der Waals surface area contributed by atoms with Gasteiger partial charge in [-0.3, -0.25) is 14.5 Å². The third kappa shape index (κ3) is 4.70. The summed E-state index contributed by atoms with van der Waals surface area (Å²) < 4.78 is 5.02. The Morgan fingerprint density at radius 3 is 2.76 bits per heavy atom. The third-order valence-electron chi connectivity index (χ3n) is 4.02. The summed E-state index contributed by atoms with van der Waals surface area (Å²) in [6, 6.07) is -0.894. The molecule has 0 radical (unpaired) electrons. The molecule has 1 aromatic rings. The molecule has 2 aliphatic heterocycles. The zero-order valence-electron chi connectivity index (χ0n) is 14.9. The summed E-state index contributed by atoms with van der Waals surface area (Å²) in [4.78, 5) is 46.7. The molecule has 1 aromatic heterocycles. The van der Waals surface area contributed by atoms with E-state index in [1.165, 1.54) is 30.9 Å². The molecule has 0 unspecified atom stereocenters. The first-order valence-corrected chi connectivity index (χ1v) is 9.84. The number of ether oxygens (including phenoxy) is 1. The molecule has 0 saturated carbocycles. The second-order valence-electron chi connectivity index (χ2n) is 5.74. The first-order valence-electron chi connectivity index (χ1n) is 7.91. The normalized spacial score (nSPS) is 21.1. The third-order valence-corrected chi connectivity index (χ3v) is 6.03. The van der Waals surface area contributed by atoms with E-state index in [2.05, 4.69) is 15.5 Å². The molecular formula is C15H19CaN5O6S2. The molecule has 2 aliphatic rings. The fourth-order valence-electron chi connectivity index (χ4n) is 2.87. The zero-order valence-corrected chi connectivity index (χ0v) is 16.5. The number of thiazole rings is 1. The zero-order chi connectivity index (χ0) is 20.4. The van der Waals surface area contributed by atoms with Crippen LogP contribution in [-0.4, -0.2) is 114 Å². The molecule has 0 aromatic carbocycles. The van der Waals surface area contributed by atoms with Crippen LogP contribution >= 0.6 is 23.1 Å². The Kier molecular flexibility index (Phi) is 8.31. The van der Waals surface area contributed by atoms with E-state index >= 15 is 0 Å². The van der Waals surface area contributed by atoms with Gasteiger partial charge in [-0.15, -0.1) is 23.1 Å². The Bertz CT molecular complexity index is 888. The number of carbonyl (C=O) groups excluding carboxylic acids is 2. The number of rotatable bonds is 7. The van der Waals surface area contributed by atoms with Gasteiger partial charge in [-0.1, -0.05) is 5.16 Å². The number of nitrogen functional groups attached to an aromatic ring is 1. The van der Waals surface area contributed by atoms with Gasteiger partial charge in [0, 0.05) is 18.2 Å². The van der Waals surface area contributed by atoms with Crippen molar-refractivity contribution in [3.63, 3.8) is 0 Å². The van der Waals surface area contributed by atoms with Crippen LogP contribution in [0.15, 0.2) is 21.8 Å². The minimum atomic E-state index is -1.21. The number of aromatic nitrogens is 1. The number of hydrogen-bond acceptors (Lipinski definition) is 10. The van der Waals surface area contributed by atoms with Crippen LogP contribution in [0.25, 0.3) is 0 Å². The quantitative estimate of drug-likeness (QED) is 0.188. The standard InChI is InChI=1S/C15H17N5O6S2.Ca.2H/c1-25-3-6-4-27-13-9(12(22)20(13)10(6)14(23)24)18-11(21)8(19-26-2)7-5-28-15(16)17-7;;;/h5,9,13H,3-4H2,1-2H3,(H2,16,17)(H,18,21)(H,23,24);;;/t9-,13-;;;/m1.../s1. The molecule has 154 valence electrons. The van der Waals surface area contributed by atoms with Gasteiger partial charge < -0.3 is 25.7 Å². The van der Waals surface area contributed by atoms with Crippen molar-refractivity contribution in [1.29, 1.82) is 0 Å². The number of nitrogens with two attached hydrogens (primary N) is 1. The molecule has 11 nitrogen and oxygen atoms in total. The summed E-state index contributed by atoms with van der Waals surface area (Å²) in [7, 11) is 2.73. The van der Waals surface area contributed by atoms with Gasteiger partial charge in [-0.25, -0.2) is 9.78 Å². The van der Waals surface area contributed by atoms with Crippen molar-refractivity contribution >= 4 is 89.5 Å². The topological polar surface area (TPSA) is 156 Å². The Morgan fingerprint density at radius 1 is 1.48 bits per heavy atom. The van der Waals surface area contributed by atoms with E-state index in [9.17, 15) is 19.5 Å². The number of hydrogen-bond donors (Lipinski definition) is 3. The van der Waals surface area contributed by atoms with Crippen LogP contribution < -0.4 is 11.1 Å². The molecule has 2 amide bonds. The van der Waals surface area contributed by atoms with Crippen molar-refractivity contribution in [2.45, 2.75) is 11.4 Å². The van der Waals surface area contributed by atoms with Crippen molar-refractivity contribution in [3.8, 4) is 0 Å². The maximum atomic E-state index is 12.6.